The van der Waals surface area contributed by atoms with E-state index >= 15 is 0 Å². The van der Waals surface area contributed by atoms with Crippen molar-refractivity contribution in [2.24, 2.45) is 0 Å². The standard InChI is InChI=1S/C20H21N3O/c1-14(22-12-6-11-20(22)24)23-13-17(15-7-2-4-9-18(15)21)16-8-3-5-10-19(16)23/h2-5,7-10,13-14H,6,11-12,21H2,1H3. The number of rotatable bonds is 3. The van der Waals surface area contributed by atoms with E-state index in [1.807, 2.05) is 41.3 Å². The minimum Gasteiger partial charge on any atom is -0.398 e. The van der Waals surface area contributed by atoms with Gasteiger partial charge < -0.3 is 15.2 Å². The van der Waals surface area contributed by atoms with Crippen LogP contribution in [-0.2, 0) is 4.79 Å². The molecule has 2 N–H and O–H groups in total. The number of hydrogen-bond acceptors (Lipinski definition) is 2. The smallest absolute Gasteiger partial charge is 0.224 e. The number of amides is 1. The molecule has 0 spiro atoms. The van der Waals surface area contributed by atoms with Gasteiger partial charge in [0.15, 0.2) is 0 Å². The molecule has 3 aromatic rings. The van der Waals surface area contributed by atoms with E-state index < -0.39 is 0 Å². The minimum atomic E-state index is 0.00332. The maximum atomic E-state index is 12.1. The van der Waals surface area contributed by atoms with Crippen LogP contribution in [0.3, 0.4) is 0 Å². The molecule has 24 heavy (non-hydrogen) atoms. The summed E-state index contributed by atoms with van der Waals surface area (Å²) >= 11 is 0. The van der Waals surface area contributed by atoms with Gasteiger partial charge in [0.05, 0.1) is 5.52 Å². The van der Waals surface area contributed by atoms with Crippen molar-refractivity contribution in [2.75, 3.05) is 12.3 Å². The minimum absolute atomic E-state index is 0.00332. The van der Waals surface area contributed by atoms with Crippen molar-refractivity contribution in [1.82, 2.24) is 9.47 Å². The monoisotopic (exact) mass is 319 g/mol. The molecule has 2 aromatic carbocycles. The fourth-order valence-electron chi connectivity index (χ4n) is 3.69. The van der Waals surface area contributed by atoms with Crippen LogP contribution in [0, 0.1) is 0 Å². The van der Waals surface area contributed by atoms with Crippen molar-refractivity contribution < 1.29 is 4.79 Å². The number of nitrogens with zero attached hydrogens (tertiary/aromatic N) is 2. The summed E-state index contributed by atoms with van der Waals surface area (Å²) in [5, 5.41) is 1.16. The lowest BCUT2D eigenvalue weighted by molar-refractivity contribution is -0.130. The van der Waals surface area contributed by atoms with E-state index in [2.05, 4.69) is 29.8 Å². The molecule has 4 heteroatoms. The van der Waals surface area contributed by atoms with Crippen LogP contribution in [0.25, 0.3) is 22.0 Å². The summed E-state index contributed by atoms with van der Waals surface area (Å²) < 4.78 is 2.19. The van der Waals surface area contributed by atoms with Gasteiger partial charge in [-0.3, -0.25) is 4.79 Å². The third-order valence-corrected chi connectivity index (χ3v) is 4.96. The van der Waals surface area contributed by atoms with Crippen LogP contribution in [0.5, 0.6) is 0 Å². The molecule has 1 aliphatic rings. The van der Waals surface area contributed by atoms with Crippen molar-refractivity contribution in [3.63, 3.8) is 0 Å². The zero-order chi connectivity index (χ0) is 16.7. The van der Waals surface area contributed by atoms with Gasteiger partial charge in [-0.25, -0.2) is 0 Å². The molecule has 1 aliphatic heterocycles. The number of fused-ring (bicyclic) bond motifs is 1. The number of nitrogens with two attached hydrogens (primary N) is 1. The molecule has 1 aromatic heterocycles. The first kappa shape index (κ1) is 14.8. The van der Waals surface area contributed by atoms with E-state index in [9.17, 15) is 4.79 Å². The summed E-state index contributed by atoms with van der Waals surface area (Å²) in [6, 6.07) is 16.2. The van der Waals surface area contributed by atoms with Crippen LogP contribution >= 0.6 is 0 Å². The van der Waals surface area contributed by atoms with Crippen molar-refractivity contribution >= 4 is 22.5 Å². The molecule has 0 saturated carbocycles. The Bertz CT molecular complexity index is 912. The highest BCUT2D eigenvalue weighted by Crippen LogP contribution is 2.36. The number of carbonyl (C=O) groups is 1. The van der Waals surface area contributed by atoms with E-state index in [0.29, 0.717) is 6.42 Å². The Hall–Kier alpha value is -2.75. The molecule has 122 valence electrons. The van der Waals surface area contributed by atoms with Crippen molar-refractivity contribution in [3.8, 4) is 11.1 Å². The number of aromatic nitrogens is 1. The van der Waals surface area contributed by atoms with E-state index in [-0.39, 0.29) is 12.1 Å². The zero-order valence-corrected chi connectivity index (χ0v) is 13.8. The molecule has 4 nitrogen and oxygen atoms in total. The predicted octanol–water partition coefficient (Wildman–Crippen LogP) is 4.03. The van der Waals surface area contributed by atoms with Gasteiger partial charge in [0.2, 0.25) is 5.91 Å². The van der Waals surface area contributed by atoms with E-state index in [1.54, 1.807) is 0 Å². The highest BCUT2D eigenvalue weighted by Gasteiger charge is 2.27. The van der Waals surface area contributed by atoms with Crippen LogP contribution in [0.15, 0.2) is 54.7 Å². The molecule has 1 amide bonds. The summed E-state index contributed by atoms with van der Waals surface area (Å²) in [5.41, 5.74) is 10.2. The Morgan fingerprint density at radius 3 is 2.54 bits per heavy atom. The van der Waals surface area contributed by atoms with Crippen LogP contribution < -0.4 is 5.73 Å². The summed E-state index contributed by atoms with van der Waals surface area (Å²) in [4.78, 5) is 14.1. The highest BCUT2D eigenvalue weighted by atomic mass is 16.2. The Kier molecular flexibility index (Phi) is 3.53. The average Bonchev–Trinajstić information content (AvgIpc) is 3.19. The molecular formula is C20H21N3O. The van der Waals surface area contributed by atoms with Gasteiger partial charge in [0.25, 0.3) is 0 Å². The first-order valence-corrected chi connectivity index (χ1v) is 8.41. The normalized spacial score (nSPS) is 16.0. The number of carbonyl (C=O) groups excluding carboxylic acids is 1. The van der Waals surface area contributed by atoms with Gasteiger partial charge in [0, 0.05) is 41.4 Å². The molecule has 0 bridgehead atoms. The third kappa shape index (κ3) is 2.26. The lowest BCUT2D eigenvalue weighted by Crippen LogP contribution is -2.31. The first-order chi connectivity index (χ1) is 11.7. The van der Waals surface area contributed by atoms with Gasteiger partial charge in [-0.15, -0.1) is 0 Å². The van der Waals surface area contributed by atoms with E-state index in [4.69, 9.17) is 5.73 Å². The van der Waals surface area contributed by atoms with Crippen molar-refractivity contribution in [2.45, 2.75) is 25.9 Å². The maximum Gasteiger partial charge on any atom is 0.224 e. The number of para-hydroxylation sites is 2. The fourth-order valence-corrected chi connectivity index (χ4v) is 3.69. The number of likely N-dealkylation sites (tertiary alicyclic amines) is 1. The predicted molar refractivity (Wildman–Crippen MR) is 97.4 cm³/mol. The van der Waals surface area contributed by atoms with E-state index in [1.165, 1.54) is 0 Å². The van der Waals surface area contributed by atoms with Crippen LogP contribution in [-0.4, -0.2) is 21.9 Å². The van der Waals surface area contributed by atoms with Crippen LogP contribution in [0.2, 0.25) is 0 Å². The number of nitrogen functional groups attached to an aromatic ring is 1. The molecule has 4 rings (SSSR count). The Labute approximate surface area is 141 Å². The van der Waals surface area contributed by atoms with Crippen molar-refractivity contribution in [1.29, 1.82) is 0 Å². The topological polar surface area (TPSA) is 51.3 Å². The SMILES string of the molecule is CC(N1CCCC1=O)n1cc(-c2ccccc2N)c2ccccc21. The fraction of sp³-hybridized carbons (Fsp3) is 0.250. The average molecular weight is 319 g/mol. The van der Waals surface area contributed by atoms with Gasteiger partial charge in [-0.2, -0.15) is 0 Å². The second-order valence-electron chi connectivity index (χ2n) is 6.38. The number of benzene rings is 2. The largest absolute Gasteiger partial charge is 0.398 e. The van der Waals surface area contributed by atoms with Crippen LogP contribution in [0.1, 0.15) is 25.9 Å². The molecule has 0 aliphatic carbocycles. The molecular weight excluding hydrogens is 298 g/mol. The van der Waals surface area contributed by atoms with E-state index in [0.717, 1.165) is 40.7 Å². The second kappa shape index (κ2) is 5.71. The Balaban J connectivity index is 1.89. The summed E-state index contributed by atoms with van der Waals surface area (Å²) in [6.45, 7) is 2.92. The molecule has 2 heterocycles. The molecule has 1 unspecified atom stereocenters. The summed E-state index contributed by atoms with van der Waals surface area (Å²) in [7, 11) is 0. The number of anilines is 1. The quantitative estimate of drug-likeness (QED) is 0.741. The molecule has 1 saturated heterocycles. The Morgan fingerprint density at radius 2 is 1.79 bits per heavy atom. The number of hydrogen-bond donors (Lipinski definition) is 1. The maximum absolute atomic E-state index is 12.1. The summed E-state index contributed by atoms with van der Waals surface area (Å²) in [5.74, 6) is 0.237. The van der Waals surface area contributed by atoms with Gasteiger partial charge in [-0.05, 0) is 25.5 Å². The second-order valence-corrected chi connectivity index (χ2v) is 6.38. The van der Waals surface area contributed by atoms with Crippen molar-refractivity contribution in [3.05, 3.63) is 54.7 Å². The zero-order valence-electron chi connectivity index (χ0n) is 13.8. The lowest BCUT2D eigenvalue weighted by atomic mass is 10.0. The van der Waals surface area contributed by atoms with Gasteiger partial charge in [0.1, 0.15) is 6.17 Å². The van der Waals surface area contributed by atoms with Gasteiger partial charge >= 0.3 is 0 Å². The summed E-state index contributed by atoms with van der Waals surface area (Å²) in [6.07, 6.45) is 3.73. The van der Waals surface area contributed by atoms with Crippen LogP contribution in [0.4, 0.5) is 5.69 Å². The first-order valence-electron chi connectivity index (χ1n) is 8.41. The third-order valence-electron chi connectivity index (χ3n) is 4.96. The lowest BCUT2D eigenvalue weighted by Gasteiger charge is -2.26. The van der Waals surface area contributed by atoms with Gasteiger partial charge in [-0.1, -0.05) is 36.4 Å². The molecule has 1 fully saturated rings. The Morgan fingerprint density at radius 1 is 1.04 bits per heavy atom. The molecule has 1 atom stereocenters. The molecule has 0 radical (unpaired) electrons. The highest BCUT2D eigenvalue weighted by molar-refractivity contribution is 5.99.